The summed E-state index contributed by atoms with van der Waals surface area (Å²) in [5.41, 5.74) is 2.48. The zero-order valence-electron chi connectivity index (χ0n) is 13.6. The number of fused-ring (bicyclic) bond motifs is 2. The third kappa shape index (κ3) is 3.25. The number of amides is 1. The van der Waals surface area contributed by atoms with Gasteiger partial charge in [0.15, 0.2) is 5.65 Å². The van der Waals surface area contributed by atoms with Crippen LogP contribution in [0.3, 0.4) is 0 Å². The number of rotatable bonds is 4. The number of aryl methyl sites for hydroxylation is 2. The van der Waals surface area contributed by atoms with Crippen molar-refractivity contribution < 1.29 is 4.79 Å². The van der Waals surface area contributed by atoms with Gasteiger partial charge in [0.1, 0.15) is 12.9 Å². The van der Waals surface area contributed by atoms with Gasteiger partial charge in [-0.15, -0.1) is 0 Å². The Kier molecular flexibility index (Phi) is 4.41. The van der Waals surface area contributed by atoms with E-state index in [2.05, 4.69) is 15.3 Å². The highest BCUT2D eigenvalue weighted by atomic mass is 16.2. The fraction of sp³-hybridized carbons (Fsp3) is 0.529. The lowest BCUT2D eigenvalue weighted by Crippen LogP contribution is -2.37. The van der Waals surface area contributed by atoms with Crippen molar-refractivity contribution in [2.45, 2.75) is 58.5 Å². The zero-order valence-corrected chi connectivity index (χ0v) is 13.6. The molecule has 2 aromatic rings. The van der Waals surface area contributed by atoms with Crippen molar-refractivity contribution in [3.8, 4) is 0 Å². The molecule has 0 spiro atoms. The predicted molar refractivity (Wildman–Crippen MR) is 88.3 cm³/mol. The summed E-state index contributed by atoms with van der Waals surface area (Å²) in [6.45, 7) is 3.93. The van der Waals surface area contributed by atoms with E-state index in [1.165, 1.54) is 10.9 Å². The summed E-state index contributed by atoms with van der Waals surface area (Å²) in [5, 5.41) is 3.37. The number of nitrogens with zero attached hydrogens (tertiary/aromatic N) is 3. The number of carbonyl (C=O) groups excluding carboxylic acids is 1. The van der Waals surface area contributed by atoms with Gasteiger partial charge in [0, 0.05) is 11.7 Å². The zero-order chi connectivity index (χ0) is 16.4. The molecule has 0 saturated heterocycles. The molecule has 1 aliphatic rings. The van der Waals surface area contributed by atoms with Gasteiger partial charge in [-0.3, -0.25) is 14.2 Å². The van der Waals surface area contributed by atoms with Gasteiger partial charge in [-0.05, 0) is 50.7 Å². The van der Waals surface area contributed by atoms with Crippen molar-refractivity contribution in [1.82, 2.24) is 19.9 Å². The lowest BCUT2D eigenvalue weighted by molar-refractivity contribution is -0.122. The SMILES string of the molecule is CCC(C)NC(=O)Cn1cnc2nc3c(cc2c1=O)CCCC3. The van der Waals surface area contributed by atoms with Crippen LogP contribution in [-0.4, -0.2) is 26.5 Å². The molecular formula is C17H22N4O2. The van der Waals surface area contributed by atoms with Gasteiger partial charge in [0.25, 0.3) is 5.56 Å². The summed E-state index contributed by atoms with van der Waals surface area (Å²) in [4.78, 5) is 33.4. The van der Waals surface area contributed by atoms with Crippen LogP contribution in [0.25, 0.3) is 11.0 Å². The van der Waals surface area contributed by atoms with Gasteiger partial charge in [-0.25, -0.2) is 9.97 Å². The fourth-order valence-electron chi connectivity index (χ4n) is 2.90. The summed E-state index contributed by atoms with van der Waals surface area (Å²) in [7, 11) is 0. The van der Waals surface area contributed by atoms with Crippen LogP contribution in [0.2, 0.25) is 0 Å². The predicted octanol–water partition coefficient (Wildman–Crippen LogP) is 1.58. The maximum absolute atomic E-state index is 12.6. The van der Waals surface area contributed by atoms with Crippen molar-refractivity contribution >= 4 is 16.9 Å². The molecule has 0 aliphatic heterocycles. The van der Waals surface area contributed by atoms with Crippen LogP contribution in [0.4, 0.5) is 0 Å². The second-order valence-electron chi connectivity index (χ2n) is 6.23. The fourth-order valence-corrected chi connectivity index (χ4v) is 2.90. The summed E-state index contributed by atoms with van der Waals surface area (Å²) in [6.07, 6.45) is 6.45. The summed E-state index contributed by atoms with van der Waals surface area (Å²) in [6, 6.07) is 2.01. The van der Waals surface area contributed by atoms with Gasteiger partial charge >= 0.3 is 0 Å². The molecule has 0 bridgehead atoms. The van der Waals surface area contributed by atoms with E-state index in [0.717, 1.165) is 43.4 Å². The van der Waals surface area contributed by atoms with E-state index in [1.54, 1.807) is 0 Å². The molecule has 0 saturated carbocycles. The van der Waals surface area contributed by atoms with Crippen LogP contribution < -0.4 is 10.9 Å². The monoisotopic (exact) mass is 314 g/mol. The molecule has 1 aliphatic carbocycles. The molecule has 122 valence electrons. The lowest BCUT2D eigenvalue weighted by atomic mass is 9.95. The highest BCUT2D eigenvalue weighted by molar-refractivity contribution is 5.77. The Morgan fingerprint density at radius 2 is 2.17 bits per heavy atom. The van der Waals surface area contributed by atoms with E-state index in [4.69, 9.17) is 0 Å². The Hall–Kier alpha value is -2.24. The van der Waals surface area contributed by atoms with E-state index in [-0.39, 0.29) is 24.1 Å². The Bertz CT molecular complexity index is 797. The van der Waals surface area contributed by atoms with Crippen LogP contribution >= 0.6 is 0 Å². The minimum Gasteiger partial charge on any atom is -0.352 e. The molecule has 1 atom stereocenters. The quantitative estimate of drug-likeness (QED) is 0.929. The van der Waals surface area contributed by atoms with E-state index < -0.39 is 0 Å². The third-order valence-electron chi connectivity index (χ3n) is 4.43. The number of hydrogen-bond acceptors (Lipinski definition) is 4. The summed E-state index contributed by atoms with van der Waals surface area (Å²) in [5.74, 6) is -0.173. The molecule has 0 fully saturated rings. The molecule has 6 heteroatoms. The summed E-state index contributed by atoms with van der Waals surface area (Å²) < 4.78 is 1.36. The van der Waals surface area contributed by atoms with Crippen LogP contribution in [0.5, 0.6) is 0 Å². The van der Waals surface area contributed by atoms with Crippen molar-refractivity contribution in [3.63, 3.8) is 0 Å². The molecule has 0 aromatic carbocycles. The van der Waals surface area contributed by atoms with Gasteiger partial charge in [0.05, 0.1) is 5.39 Å². The highest BCUT2D eigenvalue weighted by Gasteiger charge is 2.15. The molecule has 3 rings (SSSR count). The van der Waals surface area contributed by atoms with Crippen LogP contribution in [0.15, 0.2) is 17.2 Å². The van der Waals surface area contributed by atoms with Crippen LogP contribution in [0.1, 0.15) is 44.4 Å². The topological polar surface area (TPSA) is 76.9 Å². The van der Waals surface area contributed by atoms with Crippen LogP contribution in [0, 0.1) is 0 Å². The van der Waals surface area contributed by atoms with Gasteiger partial charge in [0.2, 0.25) is 5.91 Å². The highest BCUT2D eigenvalue weighted by Crippen LogP contribution is 2.21. The second-order valence-corrected chi connectivity index (χ2v) is 6.23. The Balaban J connectivity index is 1.92. The van der Waals surface area contributed by atoms with Gasteiger partial charge in [-0.2, -0.15) is 0 Å². The van der Waals surface area contributed by atoms with E-state index in [0.29, 0.717) is 11.0 Å². The second kappa shape index (κ2) is 6.48. The van der Waals surface area contributed by atoms with Gasteiger partial charge in [-0.1, -0.05) is 6.92 Å². The Morgan fingerprint density at radius 3 is 2.96 bits per heavy atom. The normalized spacial score (nSPS) is 15.2. The number of nitrogens with one attached hydrogen (secondary N) is 1. The number of aromatic nitrogens is 3. The lowest BCUT2D eigenvalue weighted by Gasteiger charge is -2.15. The minimum atomic E-state index is -0.199. The van der Waals surface area contributed by atoms with E-state index >= 15 is 0 Å². The molecule has 2 aromatic heterocycles. The van der Waals surface area contributed by atoms with Crippen molar-refractivity contribution in [2.75, 3.05) is 0 Å². The average molecular weight is 314 g/mol. The van der Waals surface area contributed by atoms with E-state index in [9.17, 15) is 9.59 Å². The molecule has 2 heterocycles. The molecule has 23 heavy (non-hydrogen) atoms. The first-order chi connectivity index (χ1) is 11.1. The first-order valence-electron chi connectivity index (χ1n) is 8.25. The molecular weight excluding hydrogens is 292 g/mol. The smallest absolute Gasteiger partial charge is 0.263 e. The number of hydrogen-bond donors (Lipinski definition) is 1. The van der Waals surface area contributed by atoms with Crippen molar-refractivity contribution in [2.24, 2.45) is 0 Å². The largest absolute Gasteiger partial charge is 0.352 e. The molecule has 1 amide bonds. The molecule has 1 N–H and O–H groups in total. The first-order valence-corrected chi connectivity index (χ1v) is 8.25. The molecule has 0 radical (unpaired) electrons. The van der Waals surface area contributed by atoms with Crippen molar-refractivity contribution in [1.29, 1.82) is 0 Å². The van der Waals surface area contributed by atoms with Crippen molar-refractivity contribution in [3.05, 3.63) is 34.0 Å². The third-order valence-corrected chi connectivity index (χ3v) is 4.43. The standard InChI is InChI=1S/C17H22N4O2/c1-3-11(2)19-15(22)9-21-10-18-16-13(17(21)23)8-12-6-4-5-7-14(12)20-16/h8,10-11H,3-7,9H2,1-2H3,(H,19,22). The average Bonchev–Trinajstić information content (AvgIpc) is 2.56. The maximum Gasteiger partial charge on any atom is 0.263 e. The Labute approximate surface area is 134 Å². The molecule has 6 nitrogen and oxygen atoms in total. The summed E-state index contributed by atoms with van der Waals surface area (Å²) >= 11 is 0. The number of pyridine rings is 1. The minimum absolute atomic E-state index is 0.0107. The van der Waals surface area contributed by atoms with Crippen LogP contribution in [-0.2, 0) is 24.2 Å². The van der Waals surface area contributed by atoms with Gasteiger partial charge < -0.3 is 5.32 Å². The van der Waals surface area contributed by atoms with E-state index in [1.807, 2.05) is 19.9 Å². The molecule has 1 unspecified atom stereocenters. The maximum atomic E-state index is 12.6. The Morgan fingerprint density at radius 1 is 1.39 bits per heavy atom. The number of carbonyl (C=O) groups is 1. The first kappa shape index (κ1) is 15.6.